The Bertz CT molecular complexity index is 810. The van der Waals surface area contributed by atoms with Crippen molar-refractivity contribution in [1.29, 1.82) is 0 Å². The molecule has 0 spiro atoms. The molecule has 1 N–H and O–H groups in total. The minimum absolute atomic E-state index is 0.00496. The van der Waals surface area contributed by atoms with Crippen molar-refractivity contribution >= 4 is 29.0 Å². The van der Waals surface area contributed by atoms with Crippen molar-refractivity contribution in [2.75, 3.05) is 13.2 Å². The molecule has 9 heteroatoms. The minimum atomic E-state index is -1.18. The number of carbonyl (C=O) groups is 3. The number of hydroxylamine groups is 2. The minimum Gasteiger partial charge on any atom is -0.457 e. The van der Waals surface area contributed by atoms with Gasteiger partial charge in [0.25, 0.3) is 0 Å². The van der Waals surface area contributed by atoms with E-state index < -0.39 is 39.5 Å². The number of hydrogen-bond acceptors (Lipinski definition) is 5. The second-order valence-electron chi connectivity index (χ2n) is 8.51. The van der Waals surface area contributed by atoms with Gasteiger partial charge < -0.3 is 9.84 Å². The average molecular weight is 454 g/mol. The number of nitrogens with zero attached hydrogens (tertiary/aromatic N) is 2. The van der Waals surface area contributed by atoms with Gasteiger partial charge in [-0.05, 0) is 44.4 Å². The number of benzene rings is 1. The van der Waals surface area contributed by atoms with Crippen molar-refractivity contribution in [1.82, 2.24) is 5.06 Å². The molecule has 1 saturated heterocycles. The molecule has 0 bridgehead atoms. The number of halogens is 1. The molecule has 1 heterocycles. The van der Waals surface area contributed by atoms with Gasteiger partial charge in [-0.3, -0.25) is 9.63 Å². The van der Waals surface area contributed by atoms with Crippen molar-refractivity contribution in [3.05, 3.63) is 48.6 Å². The van der Waals surface area contributed by atoms with Gasteiger partial charge in [0.15, 0.2) is 6.04 Å². The molecule has 31 heavy (non-hydrogen) atoms. The summed E-state index contributed by atoms with van der Waals surface area (Å²) >= 11 is 5.80. The van der Waals surface area contributed by atoms with Gasteiger partial charge in [-0.15, -0.1) is 0 Å². The lowest BCUT2D eigenvalue weighted by atomic mass is 9.87. The number of ether oxygens (including phenoxy) is 1. The number of quaternary nitrogens is 1. The average Bonchev–Trinajstić information content (AvgIpc) is 2.71. The van der Waals surface area contributed by atoms with E-state index >= 15 is 0 Å². The van der Waals surface area contributed by atoms with Gasteiger partial charge in [-0.1, -0.05) is 43.0 Å². The highest BCUT2D eigenvalue weighted by molar-refractivity contribution is 6.62. The van der Waals surface area contributed by atoms with Crippen LogP contribution in [0.2, 0.25) is 0 Å². The van der Waals surface area contributed by atoms with E-state index in [0.29, 0.717) is 6.42 Å². The molecule has 1 aromatic carbocycles. The number of rotatable bonds is 7. The molecule has 170 valence electrons. The molecule has 2 amide bonds. The number of carbonyl (C=O) groups excluding carboxylic acids is 2. The molecular weight excluding hydrogens is 424 g/mol. The van der Waals surface area contributed by atoms with E-state index in [4.69, 9.17) is 21.2 Å². The van der Waals surface area contributed by atoms with Gasteiger partial charge >= 0.3 is 17.4 Å². The van der Waals surface area contributed by atoms with Crippen molar-refractivity contribution < 1.29 is 33.5 Å². The highest BCUT2D eigenvalue weighted by atomic mass is 35.5. The Morgan fingerprint density at radius 3 is 2.42 bits per heavy atom. The Labute approximate surface area is 187 Å². The maximum Gasteiger partial charge on any atom is 0.514 e. The first-order valence-corrected chi connectivity index (χ1v) is 10.5. The largest absolute Gasteiger partial charge is 0.514 e. The van der Waals surface area contributed by atoms with Crippen LogP contribution >= 0.6 is 11.6 Å². The third-order valence-electron chi connectivity index (χ3n) is 5.68. The molecule has 2 rings (SSSR count). The second kappa shape index (κ2) is 10.3. The van der Waals surface area contributed by atoms with Crippen molar-refractivity contribution in [2.45, 2.75) is 57.8 Å². The van der Waals surface area contributed by atoms with E-state index in [1.54, 1.807) is 20.8 Å². The summed E-state index contributed by atoms with van der Waals surface area (Å²) in [6.07, 6.45) is 0.786. The summed E-state index contributed by atoms with van der Waals surface area (Å²) in [6, 6.07) is 7.67. The Balaban J connectivity index is 2.34. The predicted octanol–water partition coefficient (Wildman–Crippen LogP) is 4.33. The number of amides is 2. The van der Waals surface area contributed by atoms with Crippen molar-refractivity contribution in [2.24, 2.45) is 0 Å². The Morgan fingerprint density at radius 1 is 1.26 bits per heavy atom. The topological polar surface area (TPSA) is 93.1 Å². The zero-order chi connectivity index (χ0) is 23.2. The van der Waals surface area contributed by atoms with Crippen LogP contribution in [0.25, 0.3) is 0 Å². The molecule has 0 aromatic heterocycles. The molecule has 1 aliphatic rings. The van der Waals surface area contributed by atoms with Crippen molar-refractivity contribution in [3.63, 3.8) is 0 Å². The summed E-state index contributed by atoms with van der Waals surface area (Å²) in [4.78, 5) is 43.2. The van der Waals surface area contributed by atoms with Gasteiger partial charge in [-0.2, -0.15) is 9.86 Å². The Morgan fingerprint density at radius 2 is 1.90 bits per heavy atom. The van der Waals surface area contributed by atoms with E-state index in [0.717, 1.165) is 10.6 Å². The first-order valence-electron chi connectivity index (χ1n) is 10.1. The molecular formula is C22H30ClN2O6+. The fourth-order valence-electron chi connectivity index (χ4n) is 4.11. The third-order valence-corrected chi connectivity index (χ3v) is 5.84. The molecule has 0 radical (unpaired) electrons. The standard InChI is InChI=1S/C22H29ClN2O6/c1-5-13-30-19(26)18-12-11-17(14-25(18,21(28)29)22(2,3)4)24(20(23)27)31-15-16-9-7-6-8-10-16/h5-10,17-18H,1,11-15H2,2-4H3/p+1/t17-,18+,25?/m1/s1. The Hall–Kier alpha value is -2.42. The molecule has 1 fully saturated rings. The smallest absolute Gasteiger partial charge is 0.457 e. The second-order valence-corrected chi connectivity index (χ2v) is 8.83. The summed E-state index contributed by atoms with van der Waals surface area (Å²) in [5.74, 6) is -0.607. The van der Waals surface area contributed by atoms with Crippen molar-refractivity contribution in [3.8, 4) is 0 Å². The first kappa shape index (κ1) is 24.8. The van der Waals surface area contributed by atoms with Gasteiger partial charge in [-0.25, -0.2) is 9.28 Å². The summed E-state index contributed by atoms with van der Waals surface area (Å²) in [5, 5.41) is 10.5. The number of carboxylic acid groups (broad SMARTS) is 1. The fourth-order valence-corrected chi connectivity index (χ4v) is 4.29. The quantitative estimate of drug-likeness (QED) is 0.165. The lowest BCUT2D eigenvalue weighted by Gasteiger charge is -2.52. The van der Waals surface area contributed by atoms with E-state index in [-0.39, 0.29) is 26.2 Å². The van der Waals surface area contributed by atoms with Gasteiger partial charge in [0.05, 0.1) is 0 Å². The number of likely N-dealkylation sites (tertiary alicyclic amines) is 1. The fraction of sp³-hybridized carbons (Fsp3) is 0.500. The molecule has 3 atom stereocenters. The molecule has 1 aliphatic heterocycles. The highest BCUT2D eigenvalue weighted by Crippen LogP contribution is 2.38. The third kappa shape index (κ3) is 5.44. The van der Waals surface area contributed by atoms with Crippen LogP contribution in [0.4, 0.5) is 9.59 Å². The molecule has 1 unspecified atom stereocenters. The monoisotopic (exact) mass is 453 g/mol. The molecule has 0 aliphatic carbocycles. The zero-order valence-electron chi connectivity index (χ0n) is 18.1. The van der Waals surface area contributed by atoms with Crippen LogP contribution in [0.3, 0.4) is 0 Å². The summed E-state index contributed by atoms with van der Waals surface area (Å²) in [5.41, 5.74) is -0.0371. The first-order chi connectivity index (χ1) is 14.5. The van der Waals surface area contributed by atoms with Crippen LogP contribution in [0.15, 0.2) is 43.0 Å². The maximum absolute atomic E-state index is 12.8. The predicted molar refractivity (Wildman–Crippen MR) is 115 cm³/mol. The van der Waals surface area contributed by atoms with E-state index in [2.05, 4.69) is 6.58 Å². The maximum atomic E-state index is 12.8. The van der Waals surface area contributed by atoms with E-state index in [1.165, 1.54) is 6.08 Å². The van der Waals surface area contributed by atoms with Gasteiger partial charge in [0.2, 0.25) is 0 Å². The van der Waals surface area contributed by atoms with E-state index in [9.17, 15) is 19.5 Å². The highest BCUT2D eigenvalue weighted by Gasteiger charge is 2.61. The number of hydrogen-bond donors (Lipinski definition) is 1. The van der Waals surface area contributed by atoms with Crippen LogP contribution in [0.5, 0.6) is 0 Å². The van der Waals surface area contributed by atoms with Gasteiger partial charge in [0, 0.05) is 6.42 Å². The molecule has 8 nitrogen and oxygen atoms in total. The summed E-state index contributed by atoms with van der Waals surface area (Å²) < 4.78 is 4.60. The van der Waals surface area contributed by atoms with Crippen LogP contribution in [0.1, 0.15) is 39.2 Å². The van der Waals surface area contributed by atoms with Crippen LogP contribution < -0.4 is 0 Å². The van der Waals surface area contributed by atoms with Crippen LogP contribution in [-0.4, -0.2) is 62.9 Å². The normalized spacial score (nSPS) is 23.6. The Kier molecular flexibility index (Phi) is 8.22. The molecule has 0 saturated carbocycles. The number of esters is 1. The van der Waals surface area contributed by atoms with Gasteiger partial charge in [0.1, 0.15) is 31.3 Å². The van der Waals surface area contributed by atoms with E-state index in [1.807, 2.05) is 30.3 Å². The number of piperidine rings is 1. The lowest BCUT2D eigenvalue weighted by Crippen LogP contribution is -2.75. The summed E-state index contributed by atoms with van der Waals surface area (Å²) in [7, 11) is 0. The SMILES string of the molecule is C=CCOC(=O)[C@@H]1CC[C@@H](N(OCc2ccccc2)C(=O)Cl)C[N+]1(C(=O)O)C(C)(C)C. The zero-order valence-corrected chi connectivity index (χ0v) is 18.9. The van der Waals surface area contributed by atoms with Crippen LogP contribution in [0, 0.1) is 0 Å². The molecule has 1 aromatic rings. The van der Waals surface area contributed by atoms with Crippen LogP contribution in [-0.2, 0) is 21.0 Å². The lowest BCUT2D eigenvalue weighted by molar-refractivity contribution is -0.925. The summed E-state index contributed by atoms with van der Waals surface area (Å²) in [6.45, 7) is 8.80.